The Labute approximate surface area is 183 Å². The fraction of sp³-hybridized carbons (Fsp3) is 0.526. The highest BCUT2D eigenvalue weighted by Gasteiger charge is 2.27. The second-order valence-corrected chi connectivity index (χ2v) is 6.59. The van der Waals surface area contributed by atoms with Gasteiger partial charge < -0.3 is 19.7 Å². The van der Waals surface area contributed by atoms with Crippen LogP contribution in [0.2, 0.25) is 0 Å². The molecule has 0 bridgehead atoms. The first kappa shape index (κ1) is 22.4. The summed E-state index contributed by atoms with van der Waals surface area (Å²) in [7, 11) is 5.43. The zero-order valence-corrected chi connectivity index (χ0v) is 19.0. The molecule has 154 valence electrons. The first-order valence-corrected chi connectivity index (χ1v) is 9.21. The molecule has 0 aromatic carbocycles. The highest BCUT2D eigenvalue weighted by Crippen LogP contribution is 2.26. The molecule has 1 fully saturated rings. The summed E-state index contributed by atoms with van der Waals surface area (Å²) < 4.78 is 12.6. The molecule has 0 aliphatic carbocycles. The number of methoxy groups -OCH3 is 1. The second-order valence-electron chi connectivity index (χ2n) is 6.59. The fourth-order valence-electron chi connectivity index (χ4n) is 3.29. The van der Waals surface area contributed by atoms with Crippen LogP contribution in [0.15, 0.2) is 35.7 Å². The number of likely N-dealkylation sites (tertiary alicyclic amines) is 1. The number of hydrogen-bond donors (Lipinski definition) is 1. The lowest BCUT2D eigenvalue weighted by Gasteiger charge is -2.22. The molecule has 3 rings (SSSR count). The Kier molecular flexibility index (Phi) is 8.97. The third kappa shape index (κ3) is 5.81. The standard InChI is InChI=1S/C19H28N6O2.HI/c1-20-19(25-8-6-16(14-25)17-12-23-24(2)13-17)22-11-15-5-4-7-21-18(15)27-10-9-26-3;/h4-5,7,12-13,16H,6,8-11,14H2,1-3H3,(H,20,22);1H. The summed E-state index contributed by atoms with van der Waals surface area (Å²) in [5, 5.41) is 7.73. The van der Waals surface area contributed by atoms with Crippen molar-refractivity contribution in [3.8, 4) is 5.88 Å². The van der Waals surface area contributed by atoms with Crippen LogP contribution in [-0.2, 0) is 18.3 Å². The Morgan fingerprint density at radius 3 is 2.96 bits per heavy atom. The maximum Gasteiger partial charge on any atom is 0.218 e. The van der Waals surface area contributed by atoms with Crippen LogP contribution in [0.4, 0.5) is 0 Å². The summed E-state index contributed by atoms with van der Waals surface area (Å²) in [6, 6.07) is 3.93. The number of rotatable bonds is 7. The quantitative estimate of drug-likeness (QED) is 0.272. The minimum atomic E-state index is 0. The van der Waals surface area contributed by atoms with Gasteiger partial charge in [0, 0.05) is 64.7 Å². The topological polar surface area (TPSA) is 76.8 Å². The number of guanidine groups is 1. The van der Waals surface area contributed by atoms with Gasteiger partial charge in [-0.25, -0.2) is 4.98 Å². The SMILES string of the molecule is CN=C(NCc1cccnc1OCCOC)N1CCC(c2cnn(C)c2)C1.I. The molecule has 1 atom stereocenters. The van der Waals surface area contributed by atoms with Crippen LogP contribution in [0.1, 0.15) is 23.5 Å². The molecule has 1 N–H and O–H groups in total. The Morgan fingerprint density at radius 1 is 1.39 bits per heavy atom. The number of ether oxygens (including phenoxy) is 2. The first-order chi connectivity index (χ1) is 13.2. The van der Waals surface area contributed by atoms with Crippen LogP contribution in [0.25, 0.3) is 0 Å². The minimum Gasteiger partial charge on any atom is -0.475 e. The van der Waals surface area contributed by atoms with Gasteiger partial charge in [0.25, 0.3) is 0 Å². The van der Waals surface area contributed by atoms with E-state index in [4.69, 9.17) is 9.47 Å². The van der Waals surface area contributed by atoms with E-state index in [-0.39, 0.29) is 24.0 Å². The molecule has 1 unspecified atom stereocenters. The number of pyridine rings is 1. The predicted molar refractivity (Wildman–Crippen MR) is 119 cm³/mol. The lowest BCUT2D eigenvalue weighted by atomic mass is 10.0. The predicted octanol–water partition coefficient (Wildman–Crippen LogP) is 2.02. The third-order valence-electron chi connectivity index (χ3n) is 4.71. The van der Waals surface area contributed by atoms with Gasteiger partial charge in [-0.15, -0.1) is 24.0 Å². The molecule has 28 heavy (non-hydrogen) atoms. The van der Waals surface area contributed by atoms with Gasteiger partial charge in [0.05, 0.1) is 12.8 Å². The van der Waals surface area contributed by atoms with Crippen molar-refractivity contribution >= 4 is 29.9 Å². The molecule has 3 heterocycles. The van der Waals surface area contributed by atoms with Crippen molar-refractivity contribution in [2.45, 2.75) is 18.9 Å². The molecule has 0 spiro atoms. The average Bonchev–Trinajstić information content (AvgIpc) is 3.33. The molecule has 9 heteroatoms. The molecule has 0 saturated carbocycles. The fourth-order valence-corrected chi connectivity index (χ4v) is 3.29. The van der Waals surface area contributed by atoms with Crippen LogP contribution in [0.3, 0.4) is 0 Å². The van der Waals surface area contributed by atoms with E-state index in [1.54, 1.807) is 13.3 Å². The summed E-state index contributed by atoms with van der Waals surface area (Å²) in [6.45, 7) is 3.54. The number of nitrogens with zero attached hydrogens (tertiary/aromatic N) is 5. The van der Waals surface area contributed by atoms with E-state index in [0.29, 0.717) is 31.6 Å². The Bertz CT molecular complexity index is 766. The largest absolute Gasteiger partial charge is 0.475 e. The molecule has 0 radical (unpaired) electrons. The maximum atomic E-state index is 5.71. The van der Waals surface area contributed by atoms with Gasteiger partial charge in [0.2, 0.25) is 5.88 Å². The van der Waals surface area contributed by atoms with Gasteiger partial charge in [0.1, 0.15) is 6.61 Å². The normalized spacial score (nSPS) is 16.8. The number of nitrogens with one attached hydrogen (secondary N) is 1. The van der Waals surface area contributed by atoms with Crippen LogP contribution in [-0.4, -0.2) is 66.1 Å². The van der Waals surface area contributed by atoms with Crippen LogP contribution < -0.4 is 10.1 Å². The Morgan fingerprint density at radius 2 is 2.25 bits per heavy atom. The summed E-state index contributed by atoms with van der Waals surface area (Å²) in [5.41, 5.74) is 2.29. The summed E-state index contributed by atoms with van der Waals surface area (Å²) in [5.74, 6) is 2.02. The van der Waals surface area contributed by atoms with Gasteiger partial charge in [-0.3, -0.25) is 9.67 Å². The molecule has 1 aliphatic rings. The van der Waals surface area contributed by atoms with Crippen molar-refractivity contribution in [1.29, 1.82) is 0 Å². The van der Waals surface area contributed by atoms with Crippen molar-refractivity contribution in [2.75, 3.05) is 40.5 Å². The van der Waals surface area contributed by atoms with Gasteiger partial charge in [-0.05, 0) is 18.1 Å². The van der Waals surface area contributed by atoms with E-state index in [2.05, 4.69) is 31.5 Å². The van der Waals surface area contributed by atoms with Crippen molar-refractivity contribution in [3.63, 3.8) is 0 Å². The van der Waals surface area contributed by atoms with Crippen LogP contribution >= 0.6 is 24.0 Å². The van der Waals surface area contributed by atoms with Crippen molar-refractivity contribution in [3.05, 3.63) is 41.9 Å². The van der Waals surface area contributed by atoms with E-state index in [1.807, 2.05) is 37.1 Å². The minimum absolute atomic E-state index is 0. The van der Waals surface area contributed by atoms with E-state index < -0.39 is 0 Å². The van der Waals surface area contributed by atoms with Gasteiger partial charge >= 0.3 is 0 Å². The van der Waals surface area contributed by atoms with Crippen molar-refractivity contribution in [1.82, 2.24) is 25.0 Å². The van der Waals surface area contributed by atoms with Crippen molar-refractivity contribution in [2.24, 2.45) is 12.0 Å². The third-order valence-corrected chi connectivity index (χ3v) is 4.71. The van der Waals surface area contributed by atoms with E-state index in [1.165, 1.54) is 5.56 Å². The molecule has 2 aromatic rings. The van der Waals surface area contributed by atoms with Gasteiger partial charge in [0.15, 0.2) is 5.96 Å². The molecule has 0 amide bonds. The molecular weight excluding hydrogens is 471 g/mol. The molecule has 1 aliphatic heterocycles. The zero-order chi connectivity index (χ0) is 19.1. The lowest BCUT2D eigenvalue weighted by molar-refractivity contribution is 0.143. The van der Waals surface area contributed by atoms with E-state index in [9.17, 15) is 0 Å². The number of aryl methyl sites for hydroxylation is 1. The smallest absolute Gasteiger partial charge is 0.218 e. The number of aromatic nitrogens is 3. The number of halogens is 1. The number of aliphatic imine (C=N–C) groups is 1. The van der Waals surface area contributed by atoms with Crippen LogP contribution in [0, 0.1) is 0 Å². The maximum absolute atomic E-state index is 5.71. The summed E-state index contributed by atoms with van der Waals surface area (Å²) in [4.78, 5) is 11.1. The lowest BCUT2D eigenvalue weighted by Crippen LogP contribution is -2.39. The highest BCUT2D eigenvalue weighted by atomic mass is 127. The molecule has 8 nitrogen and oxygen atoms in total. The van der Waals surface area contributed by atoms with E-state index >= 15 is 0 Å². The second kappa shape index (κ2) is 11.2. The van der Waals surface area contributed by atoms with Crippen LogP contribution in [0.5, 0.6) is 5.88 Å². The van der Waals surface area contributed by atoms with Crippen molar-refractivity contribution < 1.29 is 9.47 Å². The van der Waals surface area contributed by atoms with Gasteiger partial charge in [-0.1, -0.05) is 6.07 Å². The summed E-state index contributed by atoms with van der Waals surface area (Å²) >= 11 is 0. The Balaban J connectivity index is 0.00000280. The summed E-state index contributed by atoms with van der Waals surface area (Å²) in [6.07, 6.45) is 6.90. The van der Waals surface area contributed by atoms with Gasteiger partial charge in [-0.2, -0.15) is 5.10 Å². The molecule has 1 saturated heterocycles. The van der Waals surface area contributed by atoms with E-state index in [0.717, 1.165) is 31.0 Å². The molecular formula is C19H29IN6O2. The number of hydrogen-bond acceptors (Lipinski definition) is 5. The Hall–Kier alpha value is -1.88. The average molecular weight is 500 g/mol. The highest BCUT2D eigenvalue weighted by molar-refractivity contribution is 14.0. The monoisotopic (exact) mass is 500 g/mol. The zero-order valence-electron chi connectivity index (χ0n) is 16.7. The molecule has 2 aromatic heterocycles. The first-order valence-electron chi connectivity index (χ1n) is 9.21.